The van der Waals surface area contributed by atoms with Gasteiger partial charge in [0.2, 0.25) is 0 Å². The van der Waals surface area contributed by atoms with Gasteiger partial charge in [0, 0.05) is 18.6 Å². The summed E-state index contributed by atoms with van der Waals surface area (Å²) < 4.78 is 34.6. The monoisotopic (exact) mass is 498 g/mol. The van der Waals surface area contributed by atoms with E-state index in [1.807, 2.05) is 24.3 Å². The molecular formula is C19H19BrN2O5S2. The number of thiocarbonyl (C=S) groups is 1. The normalized spacial score (nSPS) is 19.3. The number of rotatable bonds is 7. The predicted molar refractivity (Wildman–Crippen MR) is 116 cm³/mol. The van der Waals surface area contributed by atoms with Crippen LogP contribution >= 0.6 is 28.1 Å². The van der Waals surface area contributed by atoms with Crippen molar-refractivity contribution in [2.75, 3.05) is 26.5 Å². The van der Waals surface area contributed by atoms with Crippen molar-refractivity contribution in [2.45, 2.75) is 5.54 Å². The zero-order valence-corrected chi connectivity index (χ0v) is 18.9. The van der Waals surface area contributed by atoms with Crippen LogP contribution < -0.4 is 9.50 Å². The number of amides is 1. The molecule has 7 nitrogen and oxygen atoms in total. The molecule has 1 N–H and O–H groups in total. The summed E-state index contributed by atoms with van der Waals surface area (Å²) in [5.41, 5.74) is 0.152. The van der Waals surface area contributed by atoms with Gasteiger partial charge in [-0.15, -0.1) is 0 Å². The van der Waals surface area contributed by atoms with E-state index in [0.717, 1.165) is 4.47 Å². The first-order valence-electron chi connectivity index (χ1n) is 8.57. The standard InChI is InChI=1S/C19H19BrN2O5S2/c1-22-18(28)21-17(23)19(22,14-4-3-5-15(20)12-14)13-6-8-16(9-7-13)27-29(24,25)11-10-26-2/h3-9,12H,10-11H2,1-2H3,(H,21,23,28). The largest absolute Gasteiger partial charge is 0.383 e. The van der Waals surface area contributed by atoms with E-state index in [2.05, 4.69) is 21.2 Å². The van der Waals surface area contributed by atoms with Crippen LogP contribution in [0.3, 0.4) is 0 Å². The Balaban J connectivity index is 2.03. The summed E-state index contributed by atoms with van der Waals surface area (Å²) in [6, 6.07) is 13.7. The van der Waals surface area contributed by atoms with Crippen LogP contribution in [0.4, 0.5) is 0 Å². The number of carbonyl (C=O) groups excluding carboxylic acids is 1. The summed E-state index contributed by atoms with van der Waals surface area (Å²) >= 11 is 8.75. The molecule has 1 fully saturated rings. The molecule has 0 aromatic heterocycles. The minimum Gasteiger partial charge on any atom is -0.383 e. The quantitative estimate of drug-likeness (QED) is 0.463. The predicted octanol–water partition coefficient (Wildman–Crippen LogP) is 2.39. The Morgan fingerprint density at radius 3 is 2.41 bits per heavy atom. The molecule has 1 aliphatic rings. The third-order valence-electron chi connectivity index (χ3n) is 4.63. The van der Waals surface area contributed by atoms with Crippen LogP contribution in [0, 0.1) is 0 Å². The number of nitrogens with zero attached hydrogens (tertiary/aromatic N) is 1. The van der Waals surface area contributed by atoms with E-state index in [1.165, 1.54) is 19.2 Å². The van der Waals surface area contributed by atoms with E-state index in [-0.39, 0.29) is 24.0 Å². The summed E-state index contributed by atoms with van der Waals surface area (Å²) in [4.78, 5) is 14.8. The van der Waals surface area contributed by atoms with Crippen molar-refractivity contribution in [3.63, 3.8) is 0 Å². The second-order valence-corrected chi connectivity index (χ2v) is 9.39. The van der Waals surface area contributed by atoms with Crippen molar-refractivity contribution < 1.29 is 22.1 Å². The minimum absolute atomic E-state index is 0.0365. The molecule has 2 aromatic carbocycles. The van der Waals surface area contributed by atoms with Crippen LogP contribution in [0.25, 0.3) is 0 Å². The lowest BCUT2D eigenvalue weighted by Gasteiger charge is -2.35. The van der Waals surface area contributed by atoms with Gasteiger partial charge in [0.15, 0.2) is 10.7 Å². The van der Waals surface area contributed by atoms with Gasteiger partial charge in [-0.3, -0.25) is 4.79 Å². The average molecular weight is 499 g/mol. The highest BCUT2D eigenvalue weighted by Crippen LogP contribution is 2.40. The molecule has 1 unspecified atom stereocenters. The maximum Gasteiger partial charge on any atom is 0.311 e. The number of hydrogen-bond donors (Lipinski definition) is 1. The number of benzene rings is 2. The molecule has 0 radical (unpaired) electrons. The lowest BCUT2D eigenvalue weighted by Crippen LogP contribution is -2.45. The van der Waals surface area contributed by atoms with E-state index < -0.39 is 15.7 Å². The van der Waals surface area contributed by atoms with Gasteiger partial charge in [0.05, 0.1) is 6.61 Å². The smallest absolute Gasteiger partial charge is 0.311 e. The first-order chi connectivity index (χ1) is 13.7. The van der Waals surface area contributed by atoms with Crippen molar-refractivity contribution in [3.8, 4) is 5.75 Å². The zero-order valence-electron chi connectivity index (χ0n) is 15.7. The minimum atomic E-state index is -3.77. The molecule has 1 atom stereocenters. The number of carbonyl (C=O) groups is 1. The van der Waals surface area contributed by atoms with Gasteiger partial charge < -0.3 is 19.1 Å². The lowest BCUT2D eigenvalue weighted by atomic mass is 9.82. The average Bonchev–Trinajstić information content (AvgIpc) is 2.90. The van der Waals surface area contributed by atoms with Gasteiger partial charge in [0.25, 0.3) is 5.91 Å². The molecule has 1 aliphatic heterocycles. The SMILES string of the molecule is COCCS(=O)(=O)Oc1ccc(C2(c3cccc(Br)c3)C(=O)NC(=S)N2C)cc1. The van der Waals surface area contributed by atoms with Crippen molar-refractivity contribution >= 4 is 49.3 Å². The number of likely N-dealkylation sites (N-methyl/N-ethyl adjacent to an activating group) is 1. The molecule has 1 heterocycles. The topological polar surface area (TPSA) is 84.9 Å². The third kappa shape index (κ3) is 4.16. The third-order valence-corrected chi connectivity index (χ3v) is 6.61. The highest BCUT2D eigenvalue weighted by atomic mass is 79.9. The van der Waals surface area contributed by atoms with Crippen molar-refractivity contribution in [1.82, 2.24) is 10.2 Å². The first-order valence-corrected chi connectivity index (χ1v) is 11.4. The van der Waals surface area contributed by atoms with Crippen LogP contribution in [-0.2, 0) is 25.2 Å². The Labute approximate surface area is 183 Å². The van der Waals surface area contributed by atoms with Crippen LogP contribution in [0.5, 0.6) is 5.75 Å². The maximum atomic E-state index is 13.1. The van der Waals surface area contributed by atoms with Crippen LogP contribution in [0.1, 0.15) is 11.1 Å². The summed E-state index contributed by atoms with van der Waals surface area (Å²) in [6.45, 7) is 0.0365. The van der Waals surface area contributed by atoms with Gasteiger partial charge in [-0.05, 0) is 47.6 Å². The van der Waals surface area contributed by atoms with Gasteiger partial charge in [-0.2, -0.15) is 8.42 Å². The Hall–Kier alpha value is -2.01. The molecule has 29 heavy (non-hydrogen) atoms. The number of methoxy groups -OCH3 is 1. The summed E-state index contributed by atoms with van der Waals surface area (Å²) in [5.74, 6) is -0.394. The second kappa shape index (κ2) is 8.39. The number of nitrogens with one attached hydrogen (secondary N) is 1. The molecule has 0 aliphatic carbocycles. The maximum absolute atomic E-state index is 13.1. The molecule has 10 heteroatoms. The van der Waals surface area contributed by atoms with Crippen LogP contribution in [-0.4, -0.2) is 50.9 Å². The fourth-order valence-corrected chi connectivity index (χ4v) is 4.72. The van der Waals surface area contributed by atoms with E-state index in [4.69, 9.17) is 21.1 Å². The zero-order chi connectivity index (χ0) is 21.2. The molecule has 0 saturated carbocycles. The first kappa shape index (κ1) is 21.7. The molecule has 0 bridgehead atoms. The Morgan fingerprint density at radius 2 is 1.86 bits per heavy atom. The highest BCUT2D eigenvalue weighted by molar-refractivity contribution is 9.10. The Kier molecular flexibility index (Phi) is 6.27. The molecule has 0 spiro atoms. The summed E-state index contributed by atoms with van der Waals surface area (Å²) in [7, 11) is -0.621. The number of ether oxygens (including phenoxy) is 1. The summed E-state index contributed by atoms with van der Waals surface area (Å²) in [5, 5.41) is 3.02. The van der Waals surface area contributed by atoms with E-state index in [9.17, 15) is 13.2 Å². The molecule has 2 aromatic rings. The van der Waals surface area contributed by atoms with Gasteiger partial charge in [0.1, 0.15) is 11.5 Å². The molecule has 1 saturated heterocycles. The molecular weight excluding hydrogens is 480 g/mol. The second-order valence-electron chi connectivity index (χ2n) is 6.40. The Morgan fingerprint density at radius 1 is 1.17 bits per heavy atom. The molecule has 3 rings (SSSR count). The van der Waals surface area contributed by atoms with Crippen molar-refractivity contribution in [1.29, 1.82) is 0 Å². The van der Waals surface area contributed by atoms with Crippen molar-refractivity contribution in [3.05, 3.63) is 64.1 Å². The van der Waals surface area contributed by atoms with E-state index in [0.29, 0.717) is 16.2 Å². The molecule has 1 amide bonds. The van der Waals surface area contributed by atoms with E-state index in [1.54, 1.807) is 24.1 Å². The fourth-order valence-electron chi connectivity index (χ4n) is 3.23. The fraction of sp³-hybridized carbons (Fsp3) is 0.263. The van der Waals surface area contributed by atoms with E-state index >= 15 is 0 Å². The van der Waals surface area contributed by atoms with Gasteiger partial charge in [-0.25, -0.2) is 0 Å². The van der Waals surface area contributed by atoms with Gasteiger partial charge >= 0.3 is 10.1 Å². The van der Waals surface area contributed by atoms with Gasteiger partial charge in [-0.1, -0.05) is 40.2 Å². The number of halogens is 1. The summed E-state index contributed by atoms with van der Waals surface area (Å²) in [6.07, 6.45) is 0. The molecule has 154 valence electrons. The van der Waals surface area contributed by atoms with Crippen LogP contribution in [0.2, 0.25) is 0 Å². The Bertz CT molecular complexity index is 1040. The highest BCUT2D eigenvalue weighted by Gasteiger charge is 2.52. The number of hydrogen-bond acceptors (Lipinski definition) is 6. The van der Waals surface area contributed by atoms with Crippen LogP contribution in [0.15, 0.2) is 53.0 Å². The lowest BCUT2D eigenvalue weighted by molar-refractivity contribution is -0.124. The van der Waals surface area contributed by atoms with Crippen molar-refractivity contribution in [2.24, 2.45) is 0 Å².